The van der Waals surface area contributed by atoms with Crippen LogP contribution in [-0.2, 0) is 26.2 Å². The molecular formula is C25H34BrN3O4S. The van der Waals surface area contributed by atoms with Gasteiger partial charge in [0.2, 0.25) is 21.8 Å². The van der Waals surface area contributed by atoms with Crippen LogP contribution in [-0.4, -0.2) is 50.5 Å². The highest BCUT2D eigenvalue weighted by Gasteiger charge is 2.30. The molecule has 0 radical (unpaired) electrons. The normalized spacial score (nSPS) is 12.4. The van der Waals surface area contributed by atoms with Crippen LogP contribution in [0.25, 0.3) is 0 Å². The fraction of sp³-hybridized carbons (Fsp3) is 0.440. The predicted molar refractivity (Wildman–Crippen MR) is 140 cm³/mol. The number of nitrogens with zero attached hydrogens (tertiary/aromatic N) is 2. The molecule has 9 heteroatoms. The van der Waals surface area contributed by atoms with Gasteiger partial charge in [0.1, 0.15) is 12.6 Å². The van der Waals surface area contributed by atoms with Crippen molar-refractivity contribution >= 4 is 43.5 Å². The van der Waals surface area contributed by atoms with Crippen LogP contribution in [0.2, 0.25) is 0 Å². The van der Waals surface area contributed by atoms with Crippen LogP contribution < -0.4 is 9.62 Å². The molecule has 0 aliphatic heterocycles. The van der Waals surface area contributed by atoms with Crippen molar-refractivity contribution < 1.29 is 18.0 Å². The van der Waals surface area contributed by atoms with E-state index in [1.807, 2.05) is 58.0 Å². The third kappa shape index (κ3) is 7.56. The summed E-state index contributed by atoms with van der Waals surface area (Å²) in [4.78, 5) is 27.8. The van der Waals surface area contributed by atoms with Crippen LogP contribution in [0, 0.1) is 19.8 Å². The zero-order valence-electron chi connectivity index (χ0n) is 20.6. The lowest BCUT2D eigenvalue weighted by atomic mass is 10.1. The molecule has 0 aromatic heterocycles. The average molecular weight is 553 g/mol. The summed E-state index contributed by atoms with van der Waals surface area (Å²) in [7, 11) is -3.75. The van der Waals surface area contributed by atoms with Gasteiger partial charge in [0.25, 0.3) is 0 Å². The van der Waals surface area contributed by atoms with Crippen molar-refractivity contribution in [3.8, 4) is 0 Å². The molecule has 1 atom stereocenters. The number of anilines is 1. The number of carbonyl (C=O) groups excluding carboxylic acids is 2. The molecule has 0 aliphatic carbocycles. The molecule has 2 aromatic rings. The van der Waals surface area contributed by atoms with Gasteiger partial charge >= 0.3 is 0 Å². The van der Waals surface area contributed by atoms with E-state index in [-0.39, 0.29) is 18.4 Å². The minimum absolute atomic E-state index is 0.173. The van der Waals surface area contributed by atoms with Gasteiger partial charge in [0.05, 0.1) is 11.9 Å². The first kappa shape index (κ1) is 27.9. The van der Waals surface area contributed by atoms with E-state index in [1.54, 1.807) is 19.1 Å². The lowest BCUT2D eigenvalue weighted by Crippen LogP contribution is -2.51. The van der Waals surface area contributed by atoms with E-state index in [9.17, 15) is 18.0 Å². The van der Waals surface area contributed by atoms with Crippen LogP contribution in [0.1, 0.15) is 37.5 Å². The average Bonchev–Trinajstić information content (AvgIpc) is 2.76. The van der Waals surface area contributed by atoms with Gasteiger partial charge in [-0.15, -0.1) is 0 Å². The van der Waals surface area contributed by atoms with Gasteiger partial charge in [0.15, 0.2) is 0 Å². The molecule has 186 valence electrons. The molecule has 0 saturated carbocycles. The van der Waals surface area contributed by atoms with Crippen molar-refractivity contribution in [3.05, 3.63) is 63.6 Å². The number of hydrogen-bond donors (Lipinski definition) is 1. The summed E-state index contributed by atoms with van der Waals surface area (Å²) in [5.74, 6) is -0.477. The van der Waals surface area contributed by atoms with E-state index in [1.165, 1.54) is 4.90 Å². The van der Waals surface area contributed by atoms with Gasteiger partial charge in [-0.25, -0.2) is 8.42 Å². The predicted octanol–water partition coefficient (Wildman–Crippen LogP) is 4.02. The molecule has 2 rings (SSSR count). The Hall–Kier alpha value is -2.39. The number of halogens is 1. The lowest BCUT2D eigenvalue weighted by molar-refractivity contribution is -0.139. The zero-order valence-corrected chi connectivity index (χ0v) is 23.0. The summed E-state index contributed by atoms with van der Waals surface area (Å²) < 4.78 is 27.4. The molecule has 0 saturated heterocycles. The highest BCUT2D eigenvalue weighted by atomic mass is 79.9. The topological polar surface area (TPSA) is 86.8 Å². The summed E-state index contributed by atoms with van der Waals surface area (Å²) in [5, 5.41) is 2.87. The second kappa shape index (κ2) is 11.8. The van der Waals surface area contributed by atoms with E-state index in [0.717, 1.165) is 31.7 Å². The molecule has 7 nitrogen and oxygen atoms in total. The Labute approximate surface area is 211 Å². The Balaban J connectivity index is 2.40. The molecule has 0 aliphatic rings. The third-order valence-electron chi connectivity index (χ3n) is 5.64. The first-order valence-corrected chi connectivity index (χ1v) is 13.8. The Morgan fingerprint density at radius 1 is 1.03 bits per heavy atom. The number of carbonyl (C=O) groups is 2. The minimum atomic E-state index is -3.75. The van der Waals surface area contributed by atoms with Crippen molar-refractivity contribution in [2.75, 3.05) is 23.7 Å². The second-order valence-corrected chi connectivity index (χ2v) is 11.8. The van der Waals surface area contributed by atoms with Crippen LogP contribution >= 0.6 is 15.9 Å². The first-order valence-electron chi connectivity index (χ1n) is 11.2. The lowest BCUT2D eigenvalue weighted by Gasteiger charge is -2.32. The SMILES string of the molecule is Cc1cccc(N(CC(=O)N(Cc2ccc(Br)cc2)[C@@H](C)C(=O)NCC(C)C)S(C)(=O)=O)c1C. The van der Waals surface area contributed by atoms with Gasteiger partial charge in [-0.1, -0.05) is 54.0 Å². The number of aryl methyl sites for hydroxylation is 1. The van der Waals surface area contributed by atoms with E-state index < -0.39 is 28.5 Å². The number of sulfonamides is 1. The third-order valence-corrected chi connectivity index (χ3v) is 7.30. The largest absolute Gasteiger partial charge is 0.354 e. The standard InChI is InChI=1S/C25H34BrN3O4S/c1-17(2)14-27-25(31)20(5)28(15-21-10-12-22(26)13-11-21)24(30)16-29(34(6,32)33)23-9-7-8-18(3)19(23)4/h7-13,17,20H,14-16H2,1-6H3,(H,27,31)/t20-/m0/s1. The molecule has 1 N–H and O–H groups in total. The van der Waals surface area contributed by atoms with E-state index in [0.29, 0.717) is 12.2 Å². The van der Waals surface area contributed by atoms with E-state index >= 15 is 0 Å². The highest BCUT2D eigenvalue weighted by Crippen LogP contribution is 2.25. The van der Waals surface area contributed by atoms with Crippen molar-refractivity contribution in [2.45, 2.75) is 47.2 Å². The molecule has 0 unspecified atom stereocenters. The van der Waals surface area contributed by atoms with E-state index in [4.69, 9.17) is 0 Å². The number of rotatable bonds is 10. The summed E-state index contributed by atoms with van der Waals surface area (Å²) in [5.41, 5.74) is 2.99. The molecule has 2 amide bonds. The summed E-state index contributed by atoms with van der Waals surface area (Å²) in [6.45, 7) is 9.62. The molecule has 2 aromatic carbocycles. The fourth-order valence-corrected chi connectivity index (χ4v) is 4.59. The maximum absolute atomic E-state index is 13.6. The van der Waals surface area contributed by atoms with Gasteiger partial charge in [-0.3, -0.25) is 13.9 Å². The zero-order chi connectivity index (χ0) is 25.6. The number of nitrogens with one attached hydrogen (secondary N) is 1. The minimum Gasteiger partial charge on any atom is -0.354 e. The Morgan fingerprint density at radius 3 is 2.21 bits per heavy atom. The van der Waals surface area contributed by atoms with Crippen LogP contribution in [0.15, 0.2) is 46.9 Å². The molecule has 34 heavy (non-hydrogen) atoms. The Kier molecular flexibility index (Phi) is 9.70. The van der Waals surface area contributed by atoms with Gasteiger partial charge in [-0.05, 0) is 61.6 Å². The number of amides is 2. The Bertz CT molecular complexity index is 1120. The smallest absolute Gasteiger partial charge is 0.244 e. The fourth-order valence-electron chi connectivity index (χ4n) is 3.42. The number of hydrogen-bond acceptors (Lipinski definition) is 4. The van der Waals surface area contributed by atoms with Crippen LogP contribution in [0.3, 0.4) is 0 Å². The van der Waals surface area contributed by atoms with Gasteiger partial charge < -0.3 is 10.2 Å². The highest BCUT2D eigenvalue weighted by molar-refractivity contribution is 9.10. The molecule has 0 heterocycles. The maximum Gasteiger partial charge on any atom is 0.244 e. The van der Waals surface area contributed by atoms with E-state index in [2.05, 4.69) is 21.2 Å². The van der Waals surface area contributed by atoms with Gasteiger partial charge in [-0.2, -0.15) is 0 Å². The maximum atomic E-state index is 13.6. The molecule has 0 spiro atoms. The van der Waals surface area contributed by atoms with Crippen molar-refractivity contribution in [1.82, 2.24) is 10.2 Å². The first-order chi connectivity index (χ1) is 15.8. The quantitative estimate of drug-likeness (QED) is 0.483. The van der Waals surface area contributed by atoms with Gasteiger partial charge in [0, 0.05) is 17.6 Å². The second-order valence-electron chi connectivity index (χ2n) is 8.95. The summed E-state index contributed by atoms with van der Waals surface area (Å²) in [6, 6.07) is 12.0. The molecular weight excluding hydrogens is 518 g/mol. The number of benzene rings is 2. The monoisotopic (exact) mass is 551 g/mol. The van der Waals surface area contributed by atoms with Crippen molar-refractivity contribution in [2.24, 2.45) is 5.92 Å². The Morgan fingerprint density at radius 2 is 1.65 bits per heavy atom. The van der Waals surface area contributed by atoms with Crippen LogP contribution in [0.4, 0.5) is 5.69 Å². The molecule has 0 fully saturated rings. The molecule has 0 bridgehead atoms. The van der Waals surface area contributed by atoms with Crippen LogP contribution in [0.5, 0.6) is 0 Å². The summed E-state index contributed by atoms with van der Waals surface area (Å²) >= 11 is 3.40. The summed E-state index contributed by atoms with van der Waals surface area (Å²) in [6.07, 6.45) is 1.08. The van der Waals surface area contributed by atoms with Crippen molar-refractivity contribution in [1.29, 1.82) is 0 Å². The van der Waals surface area contributed by atoms with Crippen molar-refractivity contribution in [3.63, 3.8) is 0 Å².